The van der Waals surface area contributed by atoms with Crippen molar-refractivity contribution in [2.45, 2.75) is 45.8 Å². The van der Waals surface area contributed by atoms with E-state index in [4.69, 9.17) is 4.74 Å². The number of hydrogen-bond acceptors (Lipinski definition) is 5. The smallest absolute Gasteiger partial charge is 0.191 e. The van der Waals surface area contributed by atoms with Crippen molar-refractivity contribution in [3.63, 3.8) is 0 Å². The number of nitrogens with one attached hydrogen (secondary N) is 2. The summed E-state index contributed by atoms with van der Waals surface area (Å²) in [6.45, 7) is 7.91. The fourth-order valence-electron chi connectivity index (χ4n) is 3.55. The average molecular weight is 545 g/mol. The Bertz CT molecular complexity index is 865. The van der Waals surface area contributed by atoms with Crippen LogP contribution >= 0.6 is 24.0 Å². The van der Waals surface area contributed by atoms with E-state index in [-0.39, 0.29) is 35.5 Å². The molecule has 1 aliphatic heterocycles. The molecule has 2 N–H and O–H groups in total. The van der Waals surface area contributed by atoms with Gasteiger partial charge in [0.2, 0.25) is 0 Å². The number of ether oxygens (including phenoxy) is 1. The van der Waals surface area contributed by atoms with E-state index in [0.717, 1.165) is 62.2 Å². The van der Waals surface area contributed by atoms with Crippen molar-refractivity contribution in [3.8, 4) is 5.75 Å². The Morgan fingerprint density at radius 1 is 1.29 bits per heavy atom. The molecule has 172 valence electrons. The molecule has 0 saturated carbocycles. The number of nitrogens with zero attached hydrogens (tertiary/aromatic N) is 5. The molecule has 1 fully saturated rings. The Kier molecular flexibility index (Phi) is 9.94. The highest BCUT2D eigenvalue weighted by atomic mass is 127. The number of piperidine rings is 1. The SMILES string of the molecule is CCNC(=NCc1nnc(C)n1C)NC1CCN(Cc2ccc(OC)c(F)c2)CC1.I. The molecule has 0 amide bonds. The zero-order valence-corrected chi connectivity index (χ0v) is 21.0. The lowest BCUT2D eigenvalue weighted by atomic mass is 10.0. The van der Waals surface area contributed by atoms with Crippen LogP contribution in [-0.2, 0) is 20.1 Å². The lowest BCUT2D eigenvalue weighted by molar-refractivity contribution is 0.198. The number of aromatic nitrogens is 3. The van der Waals surface area contributed by atoms with Gasteiger partial charge in [-0.25, -0.2) is 9.38 Å². The maximum atomic E-state index is 13.9. The third-order valence-corrected chi connectivity index (χ3v) is 5.46. The minimum Gasteiger partial charge on any atom is -0.494 e. The molecule has 1 aromatic carbocycles. The lowest BCUT2D eigenvalue weighted by Crippen LogP contribution is -2.48. The maximum Gasteiger partial charge on any atom is 0.191 e. The summed E-state index contributed by atoms with van der Waals surface area (Å²) in [7, 11) is 3.43. The molecular formula is C21H33FIN7O. The van der Waals surface area contributed by atoms with Crippen molar-refractivity contribution in [1.29, 1.82) is 0 Å². The Morgan fingerprint density at radius 3 is 2.61 bits per heavy atom. The van der Waals surface area contributed by atoms with Crippen LogP contribution in [0, 0.1) is 12.7 Å². The van der Waals surface area contributed by atoms with Gasteiger partial charge >= 0.3 is 0 Å². The van der Waals surface area contributed by atoms with E-state index in [1.807, 2.05) is 24.6 Å². The number of halogens is 2. The van der Waals surface area contributed by atoms with Crippen LogP contribution in [0.5, 0.6) is 5.75 Å². The highest BCUT2D eigenvalue weighted by molar-refractivity contribution is 14.0. The first kappa shape index (κ1) is 25.3. The number of rotatable bonds is 7. The Balaban J connectivity index is 0.00000341. The van der Waals surface area contributed by atoms with Crippen molar-refractivity contribution >= 4 is 29.9 Å². The minimum absolute atomic E-state index is 0. The predicted molar refractivity (Wildman–Crippen MR) is 130 cm³/mol. The Hall–Kier alpha value is -1.95. The molecule has 31 heavy (non-hydrogen) atoms. The second-order valence-corrected chi connectivity index (χ2v) is 7.58. The summed E-state index contributed by atoms with van der Waals surface area (Å²) in [6, 6.07) is 5.54. The summed E-state index contributed by atoms with van der Waals surface area (Å²) >= 11 is 0. The number of hydrogen-bond donors (Lipinski definition) is 2. The zero-order chi connectivity index (χ0) is 21.5. The molecule has 0 aliphatic carbocycles. The van der Waals surface area contributed by atoms with Crippen LogP contribution in [0.15, 0.2) is 23.2 Å². The molecular weight excluding hydrogens is 512 g/mol. The van der Waals surface area contributed by atoms with Crippen molar-refractivity contribution in [2.24, 2.45) is 12.0 Å². The van der Waals surface area contributed by atoms with Gasteiger partial charge < -0.3 is 19.9 Å². The first-order valence-corrected chi connectivity index (χ1v) is 10.4. The van der Waals surface area contributed by atoms with Crippen LogP contribution in [0.4, 0.5) is 4.39 Å². The molecule has 1 aromatic heterocycles. The number of aliphatic imine (C=N–C) groups is 1. The summed E-state index contributed by atoms with van der Waals surface area (Å²) in [5.74, 6) is 2.49. The van der Waals surface area contributed by atoms with Crippen LogP contribution in [0.2, 0.25) is 0 Å². The van der Waals surface area contributed by atoms with E-state index in [9.17, 15) is 4.39 Å². The molecule has 8 nitrogen and oxygen atoms in total. The topological polar surface area (TPSA) is 79.6 Å². The van der Waals surface area contributed by atoms with E-state index in [1.165, 1.54) is 7.11 Å². The van der Waals surface area contributed by atoms with E-state index in [2.05, 4.69) is 37.6 Å². The standard InChI is InChI=1S/C21H32FN7O.HI/c1-5-23-21(24-13-20-27-26-15(2)28(20)3)25-17-8-10-29(11-9-17)14-16-6-7-19(30-4)18(22)12-16;/h6-7,12,17H,5,8-11,13-14H2,1-4H3,(H2,23,24,25);1H. The zero-order valence-electron chi connectivity index (χ0n) is 18.7. The van der Waals surface area contributed by atoms with Crippen LogP contribution in [0.25, 0.3) is 0 Å². The third-order valence-electron chi connectivity index (χ3n) is 5.46. The number of likely N-dealkylation sites (tertiary alicyclic amines) is 1. The summed E-state index contributed by atoms with van der Waals surface area (Å²) < 4.78 is 20.9. The normalized spacial score (nSPS) is 15.5. The molecule has 10 heteroatoms. The molecule has 0 radical (unpaired) electrons. The molecule has 2 heterocycles. The van der Waals surface area contributed by atoms with Crippen molar-refractivity contribution < 1.29 is 9.13 Å². The van der Waals surface area contributed by atoms with Crippen molar-refractivity contribution in [3.05, 3.63) is 41.2 Å². The quantitative estimate of drug-likeness (QED) is 0.317. The van der Waals surface area contributed by atoms with Crippen LogP contribution in [0.1, 0.15) is 37.0 Å². The molecule has 3 rings (SSSR count). The van der Waals surface area contributed by atoms with Gasteiger partial charge in [0, 0.05) is 39.3 Å². The fraction of sp³-hybridized carbons (Fsp3) is 0.571. The minimum atomic E-state index is -0.309. The monoisotopic (exact) mass is 545 g/mol. The molecule has 0 bridgehead atoms. The van der Waals surface area contributed by atoms with Gasteiger partial charge in [0.15, 0.2) is 23.4 Å². The van der Waals surface area contributed by atoms with Gasteiger partial charge in [-0.2, -0.15) is 0 Å². The molecule has 0 atom stereocenters. The van der Waals surface area contributed by atoms with Crippen LogP contribution < -0.4 is 15.4 Å². The summed E-state index contributed by atoms with van der Waals surface area (Å²) in [5, 5.41) is 15.1. The van der Waals surface area contributed by atoms with Crippen LogP contribution in [-0.4, -0.2) is 58.4 Å². The Labute approximate surface area is 200 Å². The van der Waals surface area contributed by atoms with Gasteiger partial charge in [-0.05, 0) is 44.4 Å². The summed E-state index contributed by atoms with van der Waals surface area (Å²) in [6.07, 6.45) is 2.01. The summed E-state index contributed by atoms with van der Waals surface area (Å²) in [5.41, 5.74) is 0.966. The summed E-state index contributed by atoms with van der Waals surface area (Å²) in [4.78, 5) is 7.02. The number of guanidine groups is 1. The Morgan fingerprint density at radius 2 is 2.03 bits per heavy atom. The van der Waals surface area contributed by atoms with Gasteiger partial charge in [0.1, 0.15) is 12.4 Å². The molecule has 0 unspecified atom stereocenters. The highest BCUT2D eigenvalue weighted by Gasteiger charge is 2.20. The van der Waals surface area contributed by atoms with E-state index < -0.39 is 0 Å². The molecule has 1 saturated heterocycles. The second kappa shape index (κ2) is 12.2. The van der Waals surface area contributed by atoms with E-state index in [1.54, 1.807) is 12.1 Å². The maximum absolute atomic E-state index is 13.9. The van der Waals surface area contributed by atoms with Gasteiger partial charge in [-0.15, -0.1) is 34.2 Å². The number of methoxy groups -OCH3 is 1. The van der Waals surface area contributed by atoms with Crippen LogP contribution in [0.3, 0.4) is 0 Å². The molecule has 0 spiro atoms. The number of aryl methyl sites for hydroxylation is 1. The van der Waals surface area contributed by atoms with Gasteiger partial charge in [-0.1, -0.05) is 6.07 Å². The first-order valence-electron chi connectivity index (χ1n) is 10.4. The van der Waals surface area contributed by atoms with Crippen molar-refractivity contribution in [2.75, 3.05) is 26.7 Å². The lowest BCUT2D eigenvalue weighted by Gasteiger charge is -2.33. The van der Waals surface area contributed by atoms with Crippen molar-refractivity contribution in [1.82, 2.24) is 30.3 Å². The van der Waals surface area contributed by atoms with E-state index in [0.29, 0.717) is 12.6 Å². The van der Waals surface area contributed by atoms with Gasteiger partial charge in [0.25, 0.3) is 0 Å². The first-order chi connectivity index (χ1) is 14.5. The molecule has 1 aliphatic rings. The number of benzene rings is 1. The third kappa shape index (κ3) is 7.03. The fourth-order valence-corrected chi connectivity index (χ4v) is 3.55. The molecule has 2 aromatic rings. The predicted octanol–water partition coefficient (Wildman–Crippen LogP) is 2.61. The van der Waals surface area contributed by atoms with Gasteiger partial charge in [-0.3, -0.25) is 4.90 Å². The highest BCUT2D eigenvalue weighted by Crippen LogP contribution is 2.20. The van der Waals surface area contributed by atoms with E-state index >= 15 is 0 Å². The largest absolute Gasteiger partial charge is 0.494 e. The second-order valence-electron chi connectivity index (χ2n) is 7.58. The van der Waals surface area contributed by atoms with Gasteiger partial charge in [0.05, 0.1) is 7.11 Å². The average Bonchev–Trinajstić information content (AvgIpc) is 3.06.